The number of aromatic amines is 1. The van der Waals surface area contributed by atoms with Crippen LogP contribution in [0.4, 0.5) is 0 Å². The van der Waals surface area contributed by atoms with E-state index in [0.29, 0.717) is 33.5 Å². The number of amides is 1. The topological polar surface area (TPSA) is 66.9 Å². The Kier molecular flexibility index (Phi) is 4.39. The Morgan fingerprint density at radius 2 is 1.92 bits per heavy atom. The second-order valence-electron chi connectivity index (χ2n) is 5.16. The number of nitrogens with one attached hydrogen (secondary N) is 2. The molecule has 0 saturated carbocycles. The minimum atomic E-state index is -0.197. The molecule has 3 aromatic rings. The van der Waals surface area contributed by atoms with Gasteiger partial charge < -0.3 is 10.3 Å². The molecule has 5 nitrogen and oxygen atoms in total. The van der Waals surface area contributed by atoms with Crippen LogP contribution in [0.2, 0.25) is 0 Å². The van der Waals surface area contributed by atoms with Crippen molar-refractivity contribution in [3.05, 3.63) is 81.9 Å². The predicted octanol–water partition coefficient (Wildman–Crippen LogP) is 2.96. The molecule has 6 heteroatoms. The molecule has 24 heavy (non-hydrogen) atoms. The highest BCUT2D eigenvalue weighted by Crippen LogP contribution is 2.12. The van der Waals surface area contributed by atoms with Gasteiger partial charge in [-0.05, 0) is 48.6 Å². The van der Waals surface area contributed by atoms with Crippen molar-refractivity contribution >= 4 is 29.0 Å². The van der Waals surface area contributed by atoms with Crippen molar-refractivity contribution in [2.24, 2.45) is 0 Å². The van der Waals surface area contributed by atoms with Gasteiger partial charge in [0.2, 0.25) is 0 Å². The van der Waals surface area contributed by atoms with Gasteiger partial charge in [-0.25, -0.2) is 0 Å². The van der Waals surface area contributed by atoms with E-state index in [1.54, 1.807) is 42.5 Å². The zero-order valence-electron chi connectivity index (χ0n) is 12.8. The quantitative estimate of drug-likeness (QED) is 0.568. The monoisotopic (exact) mass is 337 g/mol. The van der Waals surface area contributed by atoms with Crippen LogP contribution in [0.25, 0.3) is 16.6 Å². The number of fused-ring (bicyclic) bond motifs is 1. The lowest BCUT2D eigenvalue weighted by Crippen LogP contribution is -2.23. The summed E-state index contributed by atoms with van der Waals surface area (Å²) in [5.41, 5.74) is 1.61. The molecule has 0 atom stereocenters. The first-order valence-electron chi connectivity index (χ1n) is 7.35. The fraction of sp³-hybridized carbons (Fsp3) is 0.0556. The molecule has 0 radical (unpaired) electrons. The Bertz CT molecular complexity index is 1030. The van der Waals surface area contributed by atoms with Gasteiger partial charge >= 0.3 is 0 Å². The van der Waals surface area contributed by atoms with Gasteiger partial charge in [-0.1, -0.05) is 18.2 Å². The molecule has 0 fully saturated rings. The van der Waals surface area contributed by atoms with Crippen molar-refractivity contribution in [2.75, 3.05) is 6.54 Å². The summed E-state index contributed by atoms with van der Waals surface area (Å²) in [4.78, 5) is 27.7. The highest BCUT2D eigenvalue weighted by atomic mass is 32.1. The van der Waals surface area contributed by atoms with E-state index in [9.17, 15) is 9.59 Å². The van der Waals surface area contributed by atoms with Crippen LogP contribution in [0.15, 0.2) is 66.0 Å². The molecule has 2 aromatic carbocycles. The smallest absolute Gasteiger partial charge is 0.266 e. The number of para-hydroxylation sites is 1. The summed E-state index contributed by atoms with van der Waals surface area (Å²) in [5, 5.41) is 3.26. The number of H-pyrrole nitrogens is 1. The lowest BCUT2D eigenvalue weighted by Gasteiger charge is -2.09. The maximum absolute atomic E-state index is 12.7. The van der Waals surface area contributed by atoms with E-state index < -0.39 is 0 Å². The molecule has 0 bridgehead atoms. The summed E-state index contributed by atoms with van der Waals surface area (Å²) in [7, 11) is 0. The van der Waals surface area contributed by atoms with Gasteiger partial charge in [0.05, 0.1) is 16.6 Å². The SMILES string of the molecule is C=CCNC(=O)c1ccc(-n2c(=S)[nH]c3ccccc3c2=O)cc1. The van der Waals surface area contributed by atoms with E-state index in [1.165, 1.54) is 4.57 Å². The number of rotatable bonds is 4. The summed E-state index contributed by atoms with van der Waals surface area (Å²) in [5.74, 6) is -0.197. The van der Waals surface area contributed by atoms with Gasteiger partial charge in [-0.3, -0.25) is 14.2 Å². The Balaban J connectivity index is 2.05. The first kappa shape index (κ1) is 15.9. The van der Waals surface area contributed by atoms with Crippen molar-refractivity contribution in [3.8, 4) is 5.69 Å². The van der Waals surface area contributed by atoms with Crippen molar-refractivity contribution in [1.29, 1.82) is 0 Å². The average molecular weight is 337 g/mol. The van der Waals surface area contributed by atoms with Gasteiger partial charge in [0.1, 0.15) is 0 Å². The van der Waals surface area contributed by atoms with Crippen molar-refractivity contribution in [2.45, 2.75) is 0 Å². The molecule has 3 rings (SSSR count). The summed E-state index contributed by atoms with van der Waals surface area (Å²) >= 11 is 5.31. The van der Waals surface area contributed by atoms with Crippen LogP contribution < -0.4 is 10.9 Å². The Morgan fingerprint density at radius 3 is 2.62 bits per heavy atom. The molecular weight excluding hydrogens is 322 g/mol. The maximum atomic E-state index is 12.7. The molecule has 1 heterocycles. The highest BCUT2D eigenvalue weighted by Gasteiger charge is 2.09. The fourth-order valence-electron chi connectivity index (χ4n) is 2.43. The summed E-state index contributed by atoms with van der Waals surface area (Å²) in [6.07, 6.45) is 1.61. The second-order valence-corrected chi connectivity index (χ2v) is 5.55. The fourth-order valence-corrected chi connectivity index (χ4v) is 2.72. The number of benzene rings is 2. The molecular formula is C18H15N3O2S. The number of nitrogens with zero attached hydrogens (tertiary/aromatic N) is 1. The van der Waals surface area contributed by atoms with Crippen LogP contribution >= 0.6 is 12.2 Å². The van der Waals surface area contributed by atoms with Gasteiger partial charge in [0.25, 0.3) is 11.5 Å². The standard InChI is InChI=1S/C18H15N3O2S/c1-2-11-19-16(22)12-7-9-13(10-8-12)21-17(23)14-5-3-4-6-15(14)20-18(21)24/h2-10H,1,11H2,(H,19,22)(H,20,24). The second kappa shape index (κ2) is 6.64. The van der Waals surface area contributed by atoms with E-state index in [2.05, 4.69) is 16.9 Å². The number of hydrogen-bond donors (Lipinski definition) is 2. The lowest BCUT2D eigenvalue weighted by atomic mass is 10.2. The minimum absolute atomic E-state index is 0.196. The van der Waals surface area contributed by atoms with Crippen LogP contribution in [0, 0.1) is 4.77 Å². The number of carbonyl (C=O) groups is 1. The van der Waals surface area contributed by atoms with E-state index in [1.807, 2.05) is 12.1 Å². The predicted molar refractivity (Wildman–Crippen MR) is 97.3 cm³/mol. The highest BCUT2D eigenvalue weighted by molar-refractivity contribution is 7.71. The zero-order valence-corrected chi connectivity index (χ0v) is 13.6. The van der Waals surface area contributed by atoms with Gasteiger partial charge in [-0.2, -0.15) is 0 Å². The molecule has 0 aliphatic carbocycles. The van der Waals surface area contributed by atoms with E-state index in [0.717, 1.165) is 0 Å². The molecule has 1 aromatic heterocycles. The number of aromatic nitrogens is 2. The average Bonchev–Trinajstić information content (AvgIpc) is 2.60. The van der Waals surface area contributed by atoms with Crippen LogP contribution in [-0.4, -0.2) is 22.0 Å². The molecule has 0 spiro atoms. The van der Waals surface area contributed by atoms with Crippen LogP contribution in [0.1, 0.15) is 10.4 Å². The third-order valence-electron chi connectivity index (χ3n) is 3.60. The summed E-state index contributed by atoms with van der Waals surface area (Å²) < 4.78 is 1.73. The van der Waals surface area contributed by atoms with Crippen molar-refractivity contribution in [1.82, 2.24) is 14.9 Å². The van der Waals surface area contributed by atoms with Gasteiger partial charge in [0, 0.05) is 12.1 Å². The molecule has 0 aliphatic rings. The largest absolute Gasteiger partial charge is 0.349 e. The third-order valence-corrected chi connectivity index (χ3v) is 3.88. The number of hydrogen-bond acceptors (Lipinski definition) is 3. The van der Waals surface area contributed by atoms with E-state index in [-0.39, 0.29) is 11.5 Å². The van der Waals surface area contributed by atoms with Crippen LogP contribution in [0.3, 0.4) is 0 Å². The third kappa shape index (κ3) is 2.91. The van der Waals surface area contributed by atoms with Gasteiger partial charge in [-0.15, -0.1) is 6.58 Å². The van der Waals surface area contributed by atoms with Crippen LogP contribution in [-0.2, 0) is 0 Å². The molecule has 2 N–H and O–H groups in total. The molecule has 0 aliphatic heterocycles. The Hall–Kier alpha value is -2.99. The molecule has 0 saturated heterocycles. The van der Waals surface area contributed by atoms with Crippen molar-refractivity contribution < 1.29 is 4.79 Å². The zero-order chi connectivity index (χ0) is 17.1. The van der Waals surface area contributed by atoms with Gasteiger partial charge in [0.15, 0.2) is 4.77 Å². The summed E-state index contributed by atoms with van der Waals surface area (Å²) in [6, 6.07) is 13.9. The lowest BCUT2D eigenvalue weighted by molar-refractivity contribution is 0.0958. The van der Waals surface area contributed by atoms with E-state index >= 15 is 0 Å². The molecule has 120 valence electrons. The first-order chi connectivity index (χ1) is 11.6. The van der Waals surface area contributed by atoms with E-state index in [4.69, 9.17) is 12.2 Å². The summed E-state index contributed by atoms with van der Waals surface area (Å²) in [6.45, 7) is 3.96. The molecule has 1 amide bonds. The molecule has 0 unspecified atom stereocenters. The first-order valence-corrected chi connectivity index (χ1v) is 7.76. The normalized spacial score (nSPS) is 10.5. The Morgan fingerprint density at radius 1 is 1.21 bits per heavy atom. The van der Waals surface area contributed by atoms with Crippen molar-refractivity contribution in [3.63, 3.8) is 0 Å². The maximum Gasteiger partial charge on any atom is 0.266 e. The minimum Gasteiger partial charge on any atom is -0.349 e. The number of carbonyl (C=O) groups excluding carboxylic acids is 1. The Labute approximate surface area is 143 Å². The van der Waals surface area contributed by atoms with Crippen LogP contribution in [0.5, 0.6) is 0 Å².